The molecular formula is C12H10BrF2NO4. The van der Waals surface area contributed by atoms with Crippen molar-refractivity contribution in [3.63, 3.8) is 0 Å². The summed E-state index contributed by atoms with van der Waals surface area (Å²) in [7, 11) is 0.895. The van der Waals surface area contributed by atoms with Crippen molar-refractivity contribution in [3.8, 4) is 0 Å². The van der Waals surface area contributed by atoms with Crippen LogP contribution in [0.25, 0.3) is 0 Å². The molecule has 0 aliphatic heterocycles. The van der Waals surface area contributed by atoms with Crippen LogP contribution in [0.4, 0.5) is 13.6 Å². The molecule has 1 amide bonds. The molecule has 0 aromatic heterocycles. The molecule has 0 heterocycles. The highest BCUT2D eigenvalue weighted by Crippen LogP contribution is 2.24. The average Bonchev–Trinajstić information content (AvgIpc) is 2.41. The van der Waals surface area contributed by atoms with E-state index in [1.807, 2.05) is 15.9 Å². The zero-order valence-electron chi connectivity index (χ0n) is 10.3. The molecule has 1 rings (SSSR count). The maximum absolute atomic E-state index is 13.0. The number of halogens is 3. The summed E-state index contributed by atoms with van der Waals surface area (Å²) in [6, 6.07) is 8.57. The predicted molar refractivity (Wildman–Crippen MR) is 70.0 cm³/mol. The molecule has 0 unspecified atom stereocenters. The zero-order valence-corrected chi connectivity index (χ0v) is 11.9. The first kappa shape index (κ1) is 16.2. The molecular weight excluding hydrogens is 340 g/mol. The Morgan fingerprint density at radius 3 is 2.40 bits per heavy atom. The van der Waals surface area contributed by atoms with Crippen molar-refractivity contribution >= 4 is 33.7 Å². The maximum atomic E-state index is 13.0. The van der Waals surface area contributed by atoms with Crippen molar-refractivity contribution in [2.24, 2.45) is 4.99 Å². The number of esters is 1. The predicted octanol–water partition coefficient (Wildman–Crippen LogP) is 2.92. The number of rotatable bonds is 4. The fraction of sp³-hybridized carbons (Fsp3) is 0.250. The van der Waals surface area contributed by atoms with Crippen LogP contribution in [0, 0.1) is 0 Å². The number of nitrogens with zero attached hydrogens (tertiary/aromatic N) is 1. The minimum atomic E-state index is -3.79. The lowest BCUT2D eigenvalue weighted by molar-refractivity contribution is -0.133. The van der Waals surface area contributed by atoms with Gasteiger partial charge >= 0.3 is 16.9 Å². The third-order valence-corrected chi connectivity index (χ3v) is 2.43. The molecule has 1 aromatic rings. The van der Waals surface area contributed by atoms with Crippen LogP contribution in [0.2, 0.25) is 0 Å². The molecule has 108 valence electrons. The standard InChI is InChI=1S/C12H10BrF2NO4/c1-19-10(17)9(12(13,14)15)16-11(18)20-7-8-5-3-2-4-6-8/h2-6H,7H2,1H3/b16-9+. The summed E-state index contributed by atoms with van der Waals surface area (Å²) in [6.45, 7) is -0.147. The minimum absolute atomic E-state index is 0.147. The van der Waals surface area contributed by atoms with E-state index < -0.39 is 22.6 Å². The number of hydrogen-bond donors (Lipinski definition) is 0. The van der Waals surface area contributed by atoms with Gasteiger partial charge in [-0.2, -0.15) is 13.8 Å². The number of carbonyl (C=O) groups excluding carboxylic acids is 2. The Kier molecular flexibility index (Phi) is 5.75. The van der Waals surface area contributed by atoms with Crippen LogP contribution in [-0.4, -0.2) is 29.7 Å². The lowest BCUT2D eigenvalue weighted by Gasteiger charge is -2.09. The van der Waals surface area contributed by atoms with Crippen LogP contribution in [-0.2, 0) is 20.9 Å². The number of carbonyl (C=O) groups is 2. The first-order chi connectivity index (χ1) is 9.34. The number of alkyl halides is 3. The quantitative estimate of drug-likeness (QED) is 0.476. The molecule has 0 N–H and O–H groups in total. The van der Waals surface area contributed by atoms with Crippen molar-refractivity contribution in [2.75, 3.05) is 7.11 Å². The number of aliphatic imine (C=N–C) groups is 1. The molecule has 5 nitrogen and oxygen atoms in total. The van der Waals surface area contributed by atoms with Crippen molar-refractivity contribution in [3.05, 3.63) is 35.9 Å². The Hall–Kier alpha value is -1.83. The second-order valence-corrected chi connectivity index (χ2v) is 4.49. The molecule has 0 saturated heterocycles. The second kappa shape index (κ2) is 7.09. The Bertz CT molecular complexity index is 514. The number of ether oxygens (including phenoxy) is 2. The summed E-state index contributed by atoms with van der Waals surface area (Å²) >= 11 is 1.94. The van der Waals surface area contributed by atoms with Gasteiger partial charge in [0.25, 0.3) is 0 Å². The summed E-state index contributed by atoms with van der Waals surface area (Å²) < 4.78 is 34.8. The molecule has 0 aliphatic rings. The van der Waals surface area contributed by atoms with Crippen LogP contribution in [0.5, 0.6) is 0 Å². The van der Waals surface area contributed by atoms with Gasteiger partial charge in [-0.15, -0.1) is 0 Å². The van der Waals surface area contributed by atoms with E-state index in [-0.39, 0.29) is 6.61 Å². The number of benzene rings is 1. The summed E-state index contributed by atoms with van der Waals surface area (Å²) in [5.74, 6) is -1.43. The highest BCUT2D eigenvalue weighted by Gasteiger charge is 2.39. The normalized spacial score (nSPS) is 11.9. The van der Waals surface area contributed by atoms with E-state index in [1.54, 1.807) is 30.3 Å². The number of amides is 1. The summed E-state index contributed by atoms with van der Waals surface area (Å²) in [4.78, 5) is 21.6. The van der Waals surface area contributed by atoms with Gasteiger partial charge in [-0.25, -0.2) is 9.59 Å². The summed E-state index contributed by atoms with van der Waals surface area (Å²) in [5, 5.41) is 0. The van der Waals surface area contributed by atoms with Crippen LogP contribution in [0.3, 0.4) is 0 Å². The van der Waals surface area contributed by atoms with E-state index in [4.69, 9.17) is 0 Å². The monoisotopic (exact) mass is 349 g/mol. The minimum Gasteiger partial charge on any atom is -0.464 e. The van der Waals surface area contributed by atoms with Gasteiger partial charge < -0.3 is 9.47 Å². The third kappa shape index (κ3) is 5.04. The van der Waals surface area contributed by atoms with Crippen molar-refractivity contribution in [1.82, 2.24) is 0 Å². The number of methoxy groups -OCH3 is 1. The van der Waals surface area contributed by atoms with E-state index in [2.05, 4.69) is 14.5 Å². The third-order valence-electron chi connectivity index (χ3n) is 2.06. The molecule has 0 aliphatic carbocycles. The Labute approximate surface area is 121 Å². The van der Waals surface area contributed by atoms with Gasteiger partial charge in [0, 0.05) is 0 Å². The zero-order chi connectivity index (χ0) is 15.2. The van der Waals surface area contributed by atoms with Gasteiger partial charge in [-0.3, -0.25) is 0 Å². The fourth-order valence-corrected chi connectivity index (χ4v) is 1.41. The Morgan fingerprint density at radius 2 is 1.90 bits per heavy atom. The van der Waals surface area contributed by atoms with Crippen LogP contribution in [0.15, 0.2) is 35.3 Å². The lowest BCUT2D eigenvalue weighted by atomic mass is 10.2. The smallest absolute Gasteiger partial charge is 0.434 e. The average molecular weight is 350 g/mol. The van der Waals surface area contributed by atoms with E-state index in [0.717, 1.165) is 7.11 Å². The van der Waals surface area contributed by atoms with Crippen LogP contribution >= 0.6 is 15.9 Å². The fourth-order valence-electron chi connectivity index (χ4n) is 1.16. The van der Waals surface area contributed by atoms with Gasteiger partial charge in [0.05, 0.1) is 7.11 Å². The molecule has 0 bridgehead atoms. The van der Waals surface area contributed by atoms with E-state index in [1.165, 1.54) is 0 Å². The molecule has 20 heavy (non-hydrogen) atoms. The van der Waals surface area contributed by atoms with Gasteiger partial charge in [0.15, 0.2) is 0 Å². The van der Waals surface area contributed by atoms with Gasteiger partial charge in [-0.05, 0) is 21.5 Å². The van der Waals surface area contributed by atoms with E-state index in [9.17, 15) is 18.4 Å². The van der Waals surface area contributed by atoms with E-state index in [0.29, 0.717) is 5.56 Å². The highest BCUT2D eigenvalue weighted by atomic mass is 79.9. The molecule has 0 fully saturated rings. The maximum Gasteiger partial charge on any atom is 0.434 e. The first-order valence-corrected chi connectivity index (χ1v) is 6.08. The molecule has 0 radical (unpaired) electrons. The van der Waals surface area contributed by atoms with Crippen molar-refractivity contribution < 1.29 is 27.8 Å². The Morgan fingerprint density at radius 1 is 1.30 bits per heavy atom. The van der Waals surface area contributed by atoms with Crippen molar-refractivity contribution in [1.29, 1.82) is 0 Å². The highest BCUT2D eigenvalue weighted by molar-refractivity contribution is 9.10. The molecule has 1 aromatic carbocycles. The van der Waals surface area contributed by atoms with Gasteiger partial charge in [0.2, 0.25) is 5.71 Å². The number of hydrogen-bond acceptors (Lipinski definition) is 4. The molecule has 0 saturated carbocycles. The summed E-state index contributed by atoms with van der Waals surface area (Å²) in [5.41, 5.74) is -0.723. The van der Waals surface area contributed by atoms with Gasteiger partial charge in [-0.1, -0.05) is 30.3 Å². The lowest BCUT2D eigenvalue weighted by Crippen LogP contribution is -2.31. The van der Waals surface area contributed by atoms with E-state index >= 15 is 0 Å². The van der Waals surface area contributed by atoms with Crippen molar-refractivity contribution in [2.45, 2.75) is 11.4 Å². The van der Waals surface area contributed by atoms with Crippen LogP contribution < -0.4 is 0 Å². The molecule has 0 atom stereocenters. The molecule has 8 heteroatoms. The molecule has 0 spiro atoms. The SMILES string of the molecule is COC(=O)/C(=N\C(=O)OCc1ccccc1)C(F)(F)Br. The Balaban J connectivity index is 2.74. The summed E-state index contributed by atoms with van der Waals surface area (Å²) in [6.07, 6.45) is -1.31. The first-order valence-electron chi connectivity index (χ1n) is 5.29. The second-order valence-electron chi connectivity index (χ2n) is 3.49. The van der Waals surface area contributed by atoms with Crippen LogP contribution in [0.1, 0.15) is 5.56 Å². The topological polar surface area (TPSA) is 65.0 Å². The van der Waals surface area contributed by atoms with Gasteiger partial charge in [0.1, 0.15) is 6.61 Å². The largest absolute Gasteiger partial charge is 0.464 e.